The van der Waals surface area contributed by atoms with Crippen LogP contribution in [0.5, 0.6) is 0 Å². The predicted octanol–water partition coefficient (Wildman–Crippen LogP) is 2.58. The summed E-state index contributed by atoms with van der Waals surface area (Å²) in [7, 11) is 0. The molecule has 1 saturated carbocycles. The second-order valence-electron chi connectivity index (χ2n) is 7.19. The van der Waals surface area contributed by atoms with Crippen LogP contribution in [0.15, 0.2) is 0 Å². The van der Waals surface area contributed by atoms with E-state index in [0.29, 0.717) is 24.9 Å². The van der Waals surface area contributed by atoms with Crippen LogP contribution in [0, 0.1) is 5.92 Å². The number of likely N-dealkylation sites (tertiary alicyclic amines) is 1. The van der Waals surface area contributed by atoms with Gasteiger partial charge in [-0.3, -0.25) is 4.79 Å². The first kappa shape index (κ1) is 15.8. The Morgan fingerprint density at radius 3 is 2.64 bits per heavy atom. The number of hydrogen-bond donors (Lipinski definition) is 1. The van der Waals surface area contributed by atoms with Crippen LogP contribution in [-0.2, 0) is 14.3 Å². The molecule has 0 aromatic heterocycles. The number of carbonyl (C=O) groups excluding carboxylic acids is 1. The van der Waals surface area contributed by atoms with Gasteiger partial charge < -0.3 is 14.7 Å². The summed E-state index contributed by atoms with van der Waals surface area (Å²) in [5, 5.41) is 9.48. The standard InChI is InChI=1S/C17H27NO4/c1-11-6-7-13(22-11)8-9-16(19)18-14-5-3-2-4-12(14)10-15(18)17(20)21/h11-15H,2-10H2,1H3,(H,20,21)/t11-,12-,13-,14-,15+/m1/s1. The van der Waals surface area contributed by atoms with E-state index in [9.17, 15) is 14.7 Å². The Hall–Kier alpha value is -1.10. The average molecular weight is 309 g/mol. The van der Waals surface area contributed by atoms with Crippen molar-refractivity contribution < 1.29 is 19.4 Å². The van der Waals surface area contributed by atoms with Crippen LogP contribution in [-0.4, -0.2) is 46.2 Å². The van der Waals surface area contributed by atoms with Gasteiger partial charge in [-0.25, -0.2) is 4.79 Å². The van der Waals surface area contributed by atoms with Crippen LogP contribution in [0.1, 0.15) is 64.7 Å². The van der Waals surface area contributed by atoms with Gasteiger partial charge in [0.15, 0.2) is 0 Å². The highest BCUT2D eigenvalue weighted by molar-refractivity contribution is 5.84. The quantitative estimate of drug-likeness (QED) is 0.867. The molecule has 0 radical (unpaired) electrons. The predicted molar refractivity (Wildman–Crippen MR) is 81.4 cm³/mol. The first-order valence-electron chi connectivity index (χ1n) is 8.75. The van der Waals surface area contributed by atoms with Crippen LogP contribution < -0.4 is 0 Å². The second-order valence-corrected chi connectivity index (χ2v) is 7.19. The van der Waals surface area contributed by atoms with Gasteiger partial charge >= 0.3 is 5.97 Å². The third-order valence-corrected chi connectivity index (χ3v) is 5.66. The molecule has 3 aliphatic rings. The highest BCUT2D eigenvalue weighted by Crippen LogP contribution is 2.40. The van der Waals surface area contributed by atoms with Crippen molar-refractivity contribution in [1.82, 2.24) is 4.90 Å². The number of rotatable bonds is 4. The molecular formula is C17H27NO4. The lowest BCUT2D eigenvalue weighted by Crippen LogP contribution is -2.46. The minimum absolute atomic E-state index is 0.0185. The first-order valence-corrected chi connectivity index (χ1v) is 8.75. The lowest BCUT2D eigenvalue weighted by Gasteiger charge is -2.33. The molecule has 0 aromatic carbocycles. The Morgan fingerprint density at radius 1 is 1.18 bits per heavy atom. The number of carbonyl (C=O) groups is 2. The van der Waals surface area contributed by atoms with E-state index < -0.39 is 12.0 Å². The number of amides is 1. The molecule has 5 nitrogen and oxygen atoms in total. The lowest BCUT2D eigenvalue weighted by molar-refractivity contribution is -0.150. The molecule has 0 aromatic rings. The Balaban J connectivity index is 1.61. The Bertz CT molecular complexity index is 438. The van der Waals surface area contributed by atoms with Gasteiger partial charge in [-0.2, -0.15) is 0 Å². The molecule has 2 heterocycles. The van der Waals surface area contributed by atoms with Crippen molar-refractivity contribution in [1.29, 1.82) is 0 Å². The van der Waals surface area contributed by atoms with Crippen LogP contribution in [0.4, 0.5) is 0 Å². The molecule has 1 amide bonds. The van der Waals surface area contributed by atoms with Gasteiger partial charge in [-0.15, -0.1) is 0 Å². The summed E-state index contributed by atoms with van der Waals surface area (Å²) in [6, 6.07) is -0.449. The Morgan fingerprint density at radius 2 is 1.95 bits per heavy atom. The van der Waals surface area contributed by atoms with Gasteiger partial charge in [-0.05, 0) is 51.4 Å². The van der Waals surface area contributed by atoms with E-state index in [1.54, 1.807) is 4.90 Å². The molecule has 1 aliphatic carbocycles. The van der Waals surface area contributed by atoms with E-state index in [1.807, 2.05) is 0 Å². The van der Waals surface area contributed by atoms with Gasteiger partial charge in [0.05, 0.1) is 12.2 Å². The molecule has 1 N–H and O–H groups in total. The average Bonchev–Trinajstić information content (AvgIpc) is 3.08. The number of carboxylic acid groups (broad SMARTS) is 1. The lowest BCUT2D eigenvalue weighted by atomic mass is 9.84. The van der Waals surface area contributed by atoms with Crippen molar-refractivity contribution in [3.63, 3.8) is 0 Å². The van der Waals surface area contributed by atoms with Crippen LogP contribution in [0.2, 0.25) is 0 Å². The molecular weight excluding hydrogens is 282 g/mol. The third-order valence-electron chi connectivity index (χ3n) is 5.66. The molecule has 0 bridgehead atoms. The van der Waals surface area contributed by atoms with E-state index in [4.69, 9.17) is 4.74 Å². The van der Waals surface area contributed by atoms with Gasteiger partial charge in [0.2, 0.25) is 5.91 Å². The number of aliphatic carboxylic acids is 1. The van der Waals surface area contributed by atoms with Gasteiger partial charge in [-0.1, -0.05) is 12.8 Å². The second kappa shape index (κ2) is 6.57. The molecule has 5 atom stereocenters. The molecule has 0 unspecified atom stereocenters. The molecule has 124 valence electrons. The molecule has 2 aliphatic heterocycles. The maximum Gasteiger partial charge on any atom is 0.326 e. The summed E-state index contributed by atoms with van der Waals surface area (Å²) in [5.74, 6) is -0.431. The van der Waals surface area contributed by atoms with Crippen molar-refractivity contribution in [2.45, 2.75) is 89.0 Å². The molecule has 3 fully saturated rings. The summed E-state index contributed by atoms with van der Waals surface area (Å²) < 4.78 is 5.77. The van der Waals surface area contributed by atoms with Crippen molar-refractivity contribution in [2.24, 2.45) is 5.92 Å². The van der Waals surface area contributed by atoms with E-state index in [2.05, 4.69) is 6.92 Å². The van der Waals surface area contributed by atoms with Crippen LogP contribution >= 0.6 is 0 Å². The Kier molecular flexibility index (Phi) is 4.71. The third kappa shape index (κ3) is 3.14. The van der Waals surface area contributed by atoms with Crippen molar-refractivity contribution in [3.8, 4) is 0 Å². The topological polar surface area (TPSA) is 66.8 Å². The number of hydrogen-bond acceptors (Lipinski definition) is 3. The highest BCUT2D eigenvalue weighted by atomic mass is 16.5. The minimum Gasteiger partial charge on any atom is -0.480 e. The smallest absolute Gasteiger partial charge is 0.326 e. The van der Waals surface area contributed by atoms with E-state index in [-0.39, 0.29) is 18.1 Å². The molecule has 0 spiro atoms. The largest absolute Gasteiger partial charge is 0.480 e. The van der Waals surface area contributed by atoms with E-state index in [1.165, 1.54) is 6.42 Å². The van der Waals surface area contributed by atoms with Crippen molar-refractivity contribution in [2.75, 3.05) is 0 Å². The van der Waals surface area contributed by atoms with E-state index >= 15 is 0 Å². The monoisotopic (exact) mass is 309 g/mol. The van der Waals surface area contributed by atoms with Crippen LogP contribution in [0.25, 0.3) is 0 Å². The summed E-state index contributed by atoms with van der Waals surface area (Å²) in [5.41, 5.74) is 0. The zero-order chi connectivity index (χ0) is 15.7. The van der Waals surface area contributed by atoms with Gasteiger partial charge in [0, 0.05) is 12.5 Å². The SMILES string of the molecule is C[C@@H]1CC[C@H](CCC(=O)N2[C@@H]3CCCC[C@@H]3C[C@H]2C(=O)O)O1. The number of ether oxygens (including phenoxy) is 1. The fourth-order valence-electron chi connectivity index (χ4n) is 4.55. The number of carboxylic acids is 1. The molecule has 22 heavy (non-hydrogen) atoms. The maximum atomic E-state index is 12.7. The number of fused-ring (bicyclic) bond motifs is 1. The maximum absolute atomic E-state index is 12.7. The fraction of sp³-hybridized carbons (Fsp3) is 0.882. The Labute approximate surface area is 132 Å². The summed E-state index contributed by atoms with van der Waals surface area (Å²) in [6.45, 7) is 2.06. The number of nitrogens with zero attached hydrogens (tertiary/aromatic N) is 1. The van der Waals surface area contributed by atoms with Gasteiger partial charge in [0.1, 0.15) is 6.04 Å². The van der Waals surface area contributed by atoms with Crippen molar-refractivity contribution >= 4 is 11.9 Å². The highest BCUT2D eigenvalue weighted by Gasteiger charge is 2.47. The fourth-order valence-corrected chi connectivity index (χ4v) is 4.55. The minimum atomic E-state index is -0.839. The molecule has 2 saturated heterocycles. The zero-order valence-electron chi connectivity index (χ0n) is 13.4. The zero-order valence-corrected chi connectivity index (χ0v) is 13.4. The summed E-state index contributed by atoms with van der Waals surface area (Å²) in [6.07, 6.45) is 8.65. The molecule has 3 rings (SSSR count). The van der Waals surface area contributed by atoms with Crippen molar-refractivity contribution in [3.05, 3.63) is 0 Å². The first-order chi connectivity index (χ1) is 10.6. The summed E-state index contributed by atoms with van der Waals surface area (Å²) in [4.78, 5) is 25.9. The normalized spacial score (nSPS) is 38.0. The van der Waals surface area contributed by atoms with Gasteiger partial charge in [0.25, 0.3) is 0 Å². The van der Waals surface area contributed by atoms with Crippen LogP contribution in [0.3, 0.4) is 0 Å². The molecule has 5 heteroatoms. The summed E-state index contributed by atoms with van der Waals surface area (Å²) >= 11 is 0. The van der Waals surface area contributed by atoms with E-state index in [0.717, 1.165) is 38.5 Å².